The highest BCUT2D eigenvalue weighted by molar-refractivity contribution is 5.86. The van der Waals surface area contributed by atoms with Gasteiger partial charge in [0, 0.05) is 5.57 Å². The minimum Gasteiger partial charge on any atom is -0.459 e. The lowest BCUT2D eigenvalue weighted by Gasteiger charge is -2.18. The van der Waals surface area contributed by atoms with E-state index in [-0.39, 0.29) is 12.7 Å². The Morgan fingerprint density at radius 1 is 0.955 bits per heavy atom. The van der Waals surface area contributed by atoms with Crippen molar-refractivity contribution in [2.75, 3.05) is 66.1 Å². The number of rotatable bonds is 3. The summed E-state index contributed by atoms with van der Waals surface area (Å²) in [4.78, 5) is 11.4. The molecule has 1 saturated heterocycles. The molecule has 0 saturated carbocycles. The molecule has 1 heterocycles. The van der Waals surface area contributed by atoms with Crippen LogP contribution in [0.2, 0.25) is 0 Å². The van der Waals surface area contributed by atoms with E-state index in [1.807, 2.05) is 0 Å². The van der Waals surface area contributed by atoms with Gasteiger partial charge in [0.05, 0.1) is 59.5 Å². The van der Waals surface area contributed by atoms with E-state index in [9.17, 15) is 4.79 Å². The van der Waals surface area contributed by atoms with E-state index >= 15 is 0 Å². The summed E-state index contributed by atoms with van der Waals surface area (Å²) in [6, 6.07) is 0. The molecule has 0 amide bonds. The SMILES string of the molecule is C=C(C)C(=O)OCC1COCCOCCOCCOCCO1. The van der Waals surface area contributed by atoms with Gasteiger partial charge in [-0.15, -0.1) is 0 Å². The van der Waals surface area contributed by atoms with Crippen LogP contribution in [0.15, 0.2) is 12.2 Å². The molecule has 0 aliphatic carbocycles. The van der Waals surface area contributed by atoms with Gasteiger partial charge in [0.1, 0.15) is 12.7 Å². The van der Waals surface area contributed by atoms with Crippen LogP contribution in [0.5, 0.6) is 0 Å². The molecule has 0 aromatic rings. The first-order valence-electron chi connectivity index (χ1n) is 7.45. The number of hydrogen-bond donors (Lipinski definition) is 0. The maximum atomic E-state index is 11.4. The molecule has 0 aromatic heterocycles. The fourth-order valence-corrected chi connectivity index (χ4v) is 1.58. The summed E-state index contributed by atoms with van der Waals surface area (Å²) in [6.45, 7) is 9.47. The van der Waals surface area contributed by atoms with E-state index in [1.165, 1.54) is 0 Å². The molecule has 7 heteroatoms. The Balaban J connectivity index is 2.32. The van der Waals surface area contributed by atoms with Crippen molar-refractivity contribution >= 4 is 5.97 Å². The molecule has 0 N–H and O–H groups in total. The summed E-state index contributed by atoms with van der Waals surface area (Å²) in [5.41, 5.74) is 0.356. The van der Waals surface area contributed by atoms with Crippen LogP contribution in [0.4, 0.5) is 0 Å². The molecule has 1 atom stereocenters. The quantitative estimate of drug-likeness (QED) is 0.556. The largest absolute Gasteiger partial charge is 0.459 e. The average Bonchev–Trinajstić information content (AvgIpc) is 2.51. The van der Waals surface area contributed by atoms with E-state index in [1.54, 1.807) is 6.92 Å². The number of esters is 1. The van der Waals surface area contributed by atoms with Crippen LogP contribution in [-0.4, -0.2) is 78.1 Å². The monoisotopic (exact) mass is 318 g/mol. The highest BCUT2D eigenvalue weighted by atomic mass is 16.6. The summed E-state index contributed by atoms with van der Waals surface area (Å²) in [6.07, 6.45) is -0.340. The molecule has 7 nitrogen and oxygen atoms in total. The summed E-state index contributed by atoms with van der Waals surface area (Å²) in [5.74, 6) is -0.434. The molecule has 1 rings (SSSR count). The Kier molecular flexibility index (Phi) is 10.9. The van der Waals surface area contributed by atoms with Gasteiger partial charge in [-0.05, 0) is 6.92 Å². The second-order valence-corrected chi connectivity index (χ2v) is 4.78. The van der Waals surface area contributed by atoms with Crippen molar-refractivity contribution in [1.82, 2.24) is 0 Å². The van der Waals surface area contributed by atoms with Crippen LogP contribution in [0, 0.1) is 0 Å². The van der Waals surface area contributed by atoms with Crippen LogP contribution >= 0.6 is 0 Å². The molecule has 22 heavy (non-hydrogen) atoms. The van der Waals surface area contributed by atoms with Gasteiger partial charge in [-0.3, -0.25) is 0 Å². The molecule has 1 aliphatic heterocycles. The standard InChI is InChI=1S/C15H26O7/c1-13(2)15(16)22-12-14-11-20-8-7-18-4-3-17-5-6-19-9-10-21-14/h14H,1,3-12H2,2H3. The van der Waals surface area contributed by atoms with Crippen LogP contribution in [0.25, 0.3) is 0 Å². The van der Waals surface area contributed by atoms with Crippen molar-refractivity contribution in [3.8, 4) is 0 Å². The first-order chi connectivity index (χ1) is 10.7. The number of ether oxygens (including phenoxy) is 6. The average molecular weight is 318 g/mol. The smallest absolute Gasteiger partial charge is 0.333 e. The highest BCUT2D eigenvalue weighted by Gasteiger charge is 2.13. The van der Waals surface area contributed by atoms with Crippen LogP contribution in [-0.2, 0) is 33.2 Å². The molecule has 0 spiro atoms. The Morgan fingerprint density at radius 2 is 1.45 bits per heavy atom. The fourth-order valence-electron chi connectivity index (χ4n) is 1.58. The molecule has 1 fully saturated rings. The summed E-state index contributed by atoms with van der Waals surface area (Å²) in [7, 11) is 0. The number of hydrogen-bond acceptors (Lipinski definition) is 7. The summed E-state index contributed by atoms with van der Waals surface area (Å²) >= 11 is 0. The third kappa shape index (κ3) is 9.86. The van der Waals surface area contributed by atoms with Gasteiger partial charge in [-0.2, -0.15) is 0 Å². The van der Waals surface area contributed by atoms with E-state index in [0.29, 0.717) is 65.0 Å². The summed E-state index contributed by atoms with van der Waals surface area (Å²) in [5, 5.41) is 0. The molecular weight excluding hydrogens is 292 g/mol. The van der Waals surface area contributed by atoms with Crippen molar-refractivity contribution in [2.24, 2.45) is 0 Å². The lowest BCUT2D eigenvalue weighted by atomic mass is 10.3. The van der Waals surface area contributed by atoms with Crippen molar-refractivity contribution in [3.05, 3.63) is 12.2 Å². The molecular formula is C15H26O7. The molecule has 1 unspecified atom stereocenters. The van der Waals surface area contributed by atoms with E-state index in [4.69, 9.17) is 28.4 Å². The summed E-state index contributed by atoms with van der Waals surface area (Å²) < 4.78 is 32.2. The predicted molar refractivity (Wildman–Crippen MR) is 78.8 cm³/mol. The van der Waals surface area contributed by atoms with Gasteiger partial charge in [0.15, 0.2) is 0 Å². The Morgan fingerprint density at radius 3 is 2.00 bits per heavy atom. The second kappa shape index (κ2) is 12.5. The van der Waals surface area contributed by atoms with Gasteiger partial charge in [0.2, 0.25) is 0 Å². The lowest BCUT2D eigenvalue weighted by Crippen LogP contribution is -2.29. The van der Waals surface area contributed by atoms with Crippen molar-refractivity contribution in [3.63, 3.8) is 0 Å². The molecule has 1 aliphatic rings. The van der Waals surface area contributed by atoms with Gasteiger partial charge < -0.3 is 28.4 Å². The fraction of sp³-hybridized carbons (Fsp3) is 0.800. The predicted octanol–water partition coefficient (Wildman–Crippen LogP) is 0.571. The molecule has 128 valence electrons. The normalized spacial score (nSPS) is 23.0. The Hall–Kier alpha value is -0.990. The third-order valence-electron chi connectivity index (χ3n) is 2.75. The molecule has 0 bridgehead atoms. The van der Waals surface area contributed by atoms with Crippen LogP contribution in [0.3, 0.4) is 0 Å². The highest BCUT2D eigenvalue weighted by Crippen LogP contribution is 2.00. The number of carbonyl (C=O) groups is 1. The number of carbonyl (C=O) groups excluding carboxylic acids is 1. The van der Waals surface area contributed by atoms with Gasteiger partial charge in [-0.25, -0.2) is 4.79 Å². The Labute approximate surface area is 131 Å². The minimum absolute atomic E-state index is 0.121. The maximum Gasteiger partial charge on any atom is 0.333 e. The van der Waals surface area contributed by atoms with Crippen LogP contribution < -0.4 is 0 Å². The first-order valence-corrected chi connectivity index (χ1v) is 7.45. The second-order valence-electron chi connectivity index (χ2n) is 4.78. The van der Waals surface area contributed by atoms with Gasteiger partial charge in [0.25, 0.3) is 0 Å². The van der Waals surface area contributed by atoms with E-state index in [0.717, 1.165) is 0 Å². The lowest BCUT2D eigenvalue weighted by molar-refractivity contribution is -0.146. The topological polar surface area (TPSA) is 72.5 Å². The van der Waals surface area contributed by atoms with Crippen molar-refractivity contribution in [1.29, 1.82) is 0 Å². The molecule has 0 aromatic carbocycles. The van der Waals surface area contributed by atoms with Crippen molar-refractivity contribution < 1.29 is 33.2 Å². The van der Waals surface area contributed by atoms with Crippen LogP contribution in [0.1, 0.15) is 6.92 Å². The van der Waals surface area contributed by atoms with Gasteiger partial charge in [-0.1, -0.05) is 6.58 Å². The van der Waals surface area contributed by atoms with Crippen molar-refractivity contribution in [2.45, 2.75) is 13.0 Å². The third-order valence-corrected chi connectivity index (χ3v) is 2.75. The van der Waals surface area contributed by atoms with E-state index in [2.05, 4.69) is 6.58 Å². The first kappa shape index (κ1) is 19.1. The zero-order valence-corrected chi connectivity index (χ0v) is 13.2. The zero-order chi connectivity index (χ0) is 16.0. The molecule has 0 radical (unpaired) electrons. The van der Waals surface area contributed by atoms with Gasteiger partial charge >= 0.3 is 5.97 Å². The maximum absolute atomic E-state index is 11.4. The van der Waals surface area contributed by atoms with E-state index < -0.39 is 5.97 Å². The zero-order valence-electron chi connectivity index (χ0n) is 13.2. The minimum atomic E-state index is -0.434. The Bertz CT molecular complexity index is 303.